The summed E-state index contributed by atoms with van der Waals surface area (Å²) < 4.78 is 5.48. The number of hydrogen-bond donors (Lipinski definition) is 0. The first-order valence-electron chi connectivity index (χ1n) is 6.91. The summed E-state index contributed by atoms with van der Waals surface area (Å²) in [5.74, 6) is 1.01. The molecule has 3 heteroatoms. The molecule has 1 aliphatic carbocycles. The van der Waals surface area contributed by atoms with Gasteiger partial charge >= 0.3 is 0 Å². The van der Waals surface area contributed by atoms with Crippen LogP contribution in [0, 0.1) is 23.2 Å². The normalized spacial score (nSPS) is 39.8. The van der Waals surface area contributed by atoms with Gasteiger partial charge in [0.25, 0.3) is 0 Å². The second kappa shape index (κ2) is 5.84. The first-order chi connectivity index (χ1) is 8.24. The van der Waals surface area contributed by atoms with Crippen molar-refractivity contribution in [2.24, 2.45) is 11.8 Å². The molecule has 3 nitrogen and oxygen atoms in total. The maximum atomic E-state index is 9.29. The molecule has 1 aliphatic heterocycles. The van der Waals surface area contributed by atoms with E-state index in [4.69, 9.17) is 4.74 Å². The number of hydrogen-bond acceptors (Lipinski definition) is 3. The molecule has 96 valence electrons. The lowest BCUT2D eigenvalue weighted by atomic mass is 9.78. The first kappa shape index (κ1) is 12.9. The van der Waals surface area contributed by atoms with E-state index in [9.17, 15) is 5.26 Å². The Morgan fingerprint density at radius 1 is 1.29 bits per heavy atom. The van der Waals surface area contributed by atoms with Crippen LogP contribution in [-0.2, 0) is 4.74 Å². The molecule has 1 heterocycles. The van der Waals surface area contributed by atoms with Gasteiger partial charge in [-0.25, -0.2) is 0 Å². The molecule has 0 aromatic heterocycles. The molecule has 2 aliphatic rings. The number of likely N-dealkylation sites (tertiary alicyclic amines) is 1. The van der Waals surface area contributed by atoms with E-state index in [-0.39, 0.29) is 5.92 Å². The Hall–Kier alpha value is -0.590. The van der Waals surface area contributed by atoms with E-state index < -0.39 is 0 Å². The highest BCUT2D eigenvalue weighted by Gasteiger charge is 2.35. The quantitative estimate of drug-likeness (QED) is 0.739. The van der Waals surface area contributed by atoms with Crippen LogP contribution >= 0.6 is 0 Å². The first-order valence-corrected chi connectivity index (χ1v) is 6.91. The summed E-state index contributed by atoms with van der Waals surface area (Å²) in [6.45, 7) is 4.49. The van der Waals surface area contributed by atoms with Gasteiger partial charge in [-0.2, -0.15) is 5.26 Å². The SMILES string of the molecule is COC1CCCN(C2CC(C)CCC2C#N)C1. The third-order valence-electron chi connectivity index (χ3n) is 4.46. The summed E-state index contributed by atoms with van der Waals surface area (Å²) in [6.07, 6.45) is 6.25. The van der Waals surface area contributed by atoms with E-state index in [1.54, 1.807) is 7.11 Å². The van der Waals surface area contributed by atoms with Crippen LogP contribution in [0.15, 0.2) is 0 Å². The molecule has 17 heavy (non-hydrogen) atoms. The van der Waals surface area contributed by atoms with Crippen LogP contribution in [-0.4, -0.2) is 37.2 Å². The highest BCUT2D eigenvalue weighted by Crippen LogP contribution is 2.33. The molecule has 4 unspecified atom stereocenters. The molecule has 0 radical (unpaired) electrons. The van der Waals surface area contributed by atoms with E-state index in [1.165, 1.54) is 25.7 Å². The summed E-state index contributed by atoms with van der Waals surface area (Å²) >= 11 is 0. The Balaban J connectivity index is 2.00. The standard InChI is InChI=1S/C14H24N2O/c1-11-5-6-12(9-15)14(8-11)16-7-3-4-13(10-16)17-2/h11-14H,3-8,10H2,1-2H3. The summed E-state index contributed by atoms with van der Waals surface area (Å²) in [6, 6.07) is 3.00. The second-order valence-electron chi connectivity index (χ2n) is 5.72. The van der Waals surface area contributed by atoms with Crippen LogP contribution in [0.25, 0.3) is 0 Å². The zero-order valence-corrected chi connectivity index (χ0v) is 11.1. The fraction of sp³-hybridized carbons (Fsp3) is 0.929. The van der Waals surface area contributed by atoms with E-state index >= 15 is 0 Å². The maximum absolute atomic E-state index is 9.29. The van der Waals surface area contributed by atoms with Crippen molar-refractivity contribution in [2.45, 2.75) is 51.2 Å². The molecular weight excluding hydrogens is 212 g/mol. The lowest BCUT2D eigenvalue weighted by molar-refractivity contribution is -0.00464. The fourth-order valence-electron chi connectivity index (χ4n) is 3.36. The smallest absolute Gasteiger partial charge is 0.0698 e. The Morgan fingerprint density at radius 3 is 2.82 bits per heavy atom. The Labute approximate surface area is 105 Å². The zero-order chi connectivity index (χ0) is 12.3. The van der Waals surface area contributed by atoms with Gasteiger partial charge in [-0.05, 0) is 44.6 Å². The van der Waals surface area contributed by atoms with Crippen molar-refractivity contribution >= 4 is 0 Å². The van der Waals surface area contributed by atoms with Crippen LogP contribution in [0.1, 0.15) is 39.0 Å². The van der Waals surface area contributed by atoms with Crippen LogP contribution < -0.4 is 0 Å². The highest BCUT2D eigenvalue weighted by molar-refractivity contribution is 4.98. The molecule has 2 fully saturated rings. The molecule has 0 aromatic rings. The topological polar surface area (TPSA) is 36.3 Å². The lowest BCUT2D eigenvalue weighted by Gasteiger charge is -2.43. The van der Waals surface area contributed by atoms with Gasteiger partial charge in [0.05, 0.1) is 18.1 Å². The van der Waals surface area contributed by atoms with Gasteiger partial charge in [0, 0.05) is 19.7 Å². The van der Waals surface area contributed by atoms with Gasteiger partial charge in [-0.1, -0.05) is 6.92 Å². The average molecular weight is 236 g/mol. The maximum Gasteiger partial charge on any atom is 0.0698 e. The summed E-state index contributed by atoms with van der Waals surface area (Å²) in [4.78, 5) is 2.52. The van der Waals surface area contributed by atoms with Crippen molar-refractivity contribution < 1.29 is 4.74 Å². The van der Waals surface area contributed by atoms with Gasteiger partial charge in [0.2, 0.25) is 0 Å². The van der Waals surface area contributed by atoms with Crippen molar-refractivity contribution in [1.29, 1.82) is 5.26 Å². The molecule has 1 saturated heterocycles. The number of rotatable bonds is 2. The van der Waals surface area contributed by atoms with Crippen molar-refractivity contribution in [3.63, 3.8) is 0 Å². The summed E-state index contributed by atoms with van der Waals surface area (Å²) in [5, 5.41) is 9.29. The Morgan fingerprint density at radius 2 is 2.12 bits per heavy atom. The zero-order valence-electron chi connectivity index (χ0n) is 11.1. The van der Waals surface area contributed by atoms with Crippen LogP contribution in [0.4, 0.5) is 0 Å². The molecule has 1 saturated carbocycles. The largest absolute Gasteiger partial charge is 0.380 e. The van der Waals surface area contributed by atoms with Gasteiger partial charge in [0.15, 0.2) is 0 Å². The van der Waals surface area contributed by atoms with Gasteiger partial charge in [-0.15, -0.1) is 0 Å². The van der Waals surface area contributed by atoms with Crippen molar-refractivity contribution in [1.82, 2.24) is 4.90 Å². The van der Waals surface area contributed by atoms with Gasteiger partial charge in [0.1, 0.15) is 0 Å². The third-order valence-corrected chi connectivity index (χ3v) is 4.46. The van der Waals surface area contributed by atoms with E-state index in [0.29, 0.717) is 12.1 Å². The minimum Gasteiger partial charge on any atom is -0.380 e. The predicted molar refractivity (Wildman–Crippen MR) is 67.5 cm³/mol. The Bertz CT molecular complexity index is 286. The van der Waals surface area contributed by atoms with Crippen LogP contribution in [0.2, 0.25) is 0 Å². The van der Waals surface area contributed by atoms with Crippen molar-refractivity contribution in [3.8, 4) is 6.07 Å². The Kier molecular flexibility index (Phi) is 4.42. The van der Waals surface area contributed by atoms with E-state index in [1.807, 2.05) is 0 Å². The summed E-state index contributed by atoms with van der Waals surface area (Å²) in [5.41, 5.74) is 0. The lowest BCUT2D eigenvalue weighted by Crippen LogP contribution is -2.50. The number of nitriles is 1. The fourth-order valence-corrected chi connectivity index (χ4v) is 3.36. The highest BCUT2D eigenvalue weighted by atomic mass is 16.5. The summed E-state index contributed by atoms with van der Waals surface area (Å²) in [7, 11) is 1.80. The molecule has 0 aromatic carbocycles. The second-order valence-corrected chi connectivity index (χ2v) is 5.72. The molecular formula is C14H24N2O. The minimum absolute atomic E-state index is 0.238. The van der Waals surface area contributed by atoms with Crippen molar-refractivity contribution in [2.75, 3.05) is 20.2 Å². The average Bonchev–Trinajstić information content (AvgIpc) is 2.39. The van der Waals surface area contributed by atoms with Gasteiger partial charge in [-0.3, -0.25) is 4.90 Å². The van der Waals surface area contributed by atoms with Crippen LogP contribution in [0.5, 0.6) is 0 Å². The molecule has 0 N–H and O–H groups in total. The molecule has 0 bridgehead atoms. The molecule has 0 amide bonds. The van der Waals surface area contributed by atoms with E-state index in [2.05, 4.69) is 17.9 Å². The van der Waals surface area contributed by atoms with E-state index in [0.717, 1.165) is 25.4 Å². The minimum atomic E-state index is 0.238. The van der Waals surface area contributed by atoms with Gasteiger partial charge < -0.3 is 4.74 Å². The molecule has 4 atom stereocenters. The predicted octanol–water partition coefficient (Wildman–Crippen LogP) is 2.43. The van der Waals surface area contributed by atoms with Crippen molar-refractivity contribution in [3.05, 3.63) is 0 Å². The monoisotopic (exact) mass is 236 g/mol. The number of ether oxygens (including phenoxy) is 1. The van der Waals surface area contributed by atoms with Crippen LogP contribution in [0.3, 0.4) is 0 Å². The third kappa shape index (κ3) is 3.00. The molecule has 0 spiro atoms. The molecule has 2 rings (SSSR count). The number of piperidine rings is 1. The number of methoxy groups -OCH3 is 1. The number of nitrogens with zero attached hydrogens (tertiary/aromatic N) is 2.